The van der Waals surface area contributed by atoms with Gasteiger partial charge in [-0.05, 0) is 23.7 Å². The van der Waals surface area contributed by atoms with Gasteiger partial charge in [-0.25, -0.2) is 0 Å². The highest BCUT2D eigenvalue weighted by molar-refractivity contribution is 6.67. The van der Waals surface area contributed by atoms with Gasteiger partial charge in [-0.15, -0.1) is 0 Å². The molecule has 0 aliphatic heterocycles. The fourth-order valence-electron chi connectivity index (χ4n) is 0.669. The first kappa shape index (κ1) is 7.95. The predicted molar refractivity (Wildman–Crippen MR) is 41.4 cm³/mol. The van der Waals surface area contributed by atoms with Crippen molar-refractivity contribution in [3.63, 3.8) is 0 Å². The number of carbonyl (C=O) groups is 1. The molecule has 0 heterocycles. The van der Waals surface area contributed by atoms with E-state index < -0.39 is 5.24 Å². The molecule has 0 aliphatic rings. The van der Waals surface area contributed by atoms with Gasteiger partial charge in [0.15, 0.2) is 0 Å². The molecule has 0 spiro atoms. The van der Waals surface area contributed by atoms with Gasteiger partial charge >= 0.3 is 0 Å². The smallest absolute Gasteiger partial charge is 0.252 e. The van der Waals surface area contributed by atoms with Crippen LogP contribution in [0.5, 0.6) is 0 Å². The highest BCUT2D eigenvalue weighted by atomic mass is 35.5. The number of benzene rings is 1. The molecule has 0 fully saturated rings. The van der Waals surface area contributed by atoms with Crippen LogP contribution in [0.3, 0.4) is 0 Å². The Kier molecular flexibility index (Phi) is 2.39. The number of rotatable bonds is 2. The van der Waals surface area contributed by atoms with E-state index in [9.17, 15) is 9.59 Å². The molecule has 0 saturated heterocycles. The lowest BCUT2D eigenvalue weighted by atomic mass is 10.2. The van der Waals surface area contributed by atoms with Crippen molar-refractivity contribution >= 4 is 23.1 Å². The summed E-state index contributed by atoms with van der Waals surface area (Å²) in [4.78, 5) is 20.6. The molecule has 0 aliphatic carbocycles. The summed E-state index contributed by atoms with van der Waals surface area (Å²) in [5.74, 6) is 0. The zero-order valence-electron chi connectivity index (χ0n) is 5.50. The molecule has 2 nitrogen and oxygen atoms in total. The molecular weight excluding hydrogens is 164 g/mol. The minimum Gasteiger partial charge on any atom is -0.285 e. The van der Waals surface area contributed by atoms with Crippen LogP contribution in [0, 0.1) is 0 Å². The molecule has 55 valence electrons. The van der Waals surface area contributed by atoms with Crippen LogP contribution >= 0.6 is 11.6 Å². The summed E-state index contributed by atoms with van der Waals surface area (Å²) in [7, 11) is 0. The number of hydrogen-bond donors (Lipinski definition) is 0. The maximum Gasteiger partial charge on any atom is 0.252 e. The zero-order valence-corrected chi connectivity index (χ0v) is 6.26. The summed E-state index contributed by atoms with van der Waals surface area (Å²) in [5, 5.41) is -0.526. The molecule has 0 N–H and O–H groups in total. The van der Waals surface area contributed by atoms with Crippen molar-refractivity contribution in [2.24, 2.45) is 0 Å². The monoisotopic (exact) mass is 167 g/mol. The highest BCUT2D eigenvalue weighted by Gasteiger charge is 1.99. The summed E-state index contributed by atoms with van der Waals surface area (Å²) < 4.78 is 0. The third-order valence-electron chi connectivity index (χ3n) is 1.23. The molecular formula is C8H4ClO2. The fraction of sp³-hybridized carbons (Fsp3) is 0. The summed E-state index contributed by atoms with van der Waals surface area (Å²) in [6, 6.07) is 5.94. The Morgan fingerprint density at radius 1 is 1.27 bits per heavy atom. The second-order valence-corrected chi connectivity index (χ2v) is 2.30. The van der Waals surface area contributed by atoms with Gasteiger partial charge in [0.25, 0.3) is 5.24 Å². The maximum atomic E-state index is 10.5. The summed E-state index contributed by atoms with van der Waals surface area (Å²) in [5.41, 5.74) is 0.789. The fourth-order valence-corrected chi connectivity index (χ4v) is 0.795. The summed E-state index contributed by atoms with van der Waals surface area (Å²) in [6.07, 6.45) is 1.69. The molecule has 1 aromatic rings. The molecule has 1 rings (SSSR count). The molecule has 3 heteroatoms. The largest absolute Gasteiger partial charge is 0.285 e. The van der Waals surface area contributed by atoms with Crippen molar-refractivity contribution in [3.8, 4) is 0 Å². The Bertz CT molecular complexity index is 277. The topological polar surface area (TPSA) is 34.1 Å². The van der Waals surface area contributed by atoms with E-state index in [0.29, 0.717) is 11.1 Å². The average Bonchev–Trinajstić information content (AvgIpc) is 2.05. The van der Waals surface area contributed by atoms with Gasteiger partial charge in [0.2, 0.25) is 6.29 Å². The SMILES string of the molecule is O=[C]c1ccc(C(=O)Cl)cc1. The summed E-state index contributed by atoms with van der Waals surface area (Å²) >= 11 is 5.16. The third-order valence-corrected chi connectivity index (χ3v) is 1.45. The van der Waals surface area contributed by atoms with Crippen molar-refractivity contribution in [1.29, 1.82) is 0 Å². The molecule has 1 aromatic carbocycles. The van der Waals surface area contributed by atoms with Crippen LogP contribution < -0.4 is 0 Å². The standard InChI is InChI=1S/C8H4ClO2/c9-8(11)7-3-1-6(5-10)2-4-7/h1-4H. The first-order valence-corrected chi connectivity index (χ1v) is 3.30. The van der Waals surface area contributed by atoms with Crippen molar-refractivity contribution in [2.75, 3.05) is 0 Å². The zero-order chi connectivity index (χ0) is 8.27. The normalized spacial score (nSPS) is 9.18. The van der Waals surface area contributed by atoms with E-state index in [1.165, 1.54) is 24.3 Å². The summed E-state index contributed by atoms with van der Waals surface area (Å²) in [6.45, 7) is 0. The van der Waals surface area contributed by atoms with Crippen LogP contribution in [0.25, 0.3) is 0 Å². The Hall–Kier alpha value is -1.15. The van der Waals surface area contributed by atoms with Crippen LogP contribution in [-0.4, -0.2) is 11.5 Å². The maximum absolute atomic E-state index is 10.5. The molecule has 0 saturated carbocycles. The lowest BCUT2D eigenvalue weighted by molar-refractivity contribution is 0.108. The number of carbonyl (C=O) groups excluding carboxylic acids is 2. The van der Waals surface area contributed by atoms with E-state index in [2.05, 4.69) is 0 Å². The van der Waals surface area contributed by atoms with Crippen molar-refractivity contribution in [2.45, 2.75) is 0 Å². The van der Waals surface area contributed by atoms with Crippen molar-refractivity contribution in [1.82, 2.24) is 0 Å². The van der Waals surface area contributed by atoms with E-state index >= 15 is 0 Å². The number of halogens is 1. The Morgan fingerprint density at radius 2 is 1.82 bits per heavy atom. The molecule has 0 bridgehead atoms. The Labute approximate surface area is 68.8 Å². The van der Waals surface area contributed by atoms with Gasteiger partial charge in [-0.2, -0.15) is 0 Å². The first-order chi connectivity index (χ1) is 5.24. The van der Waals surface area contributed by atoms with Gasteiger partial charge in [0.1, 0.15) is 0 Å². The van der Waals surface area contributed by atoms with Gasteiger partial charge in [-0.3, -0.25) is 9.59 Å². The first-order valence-electron chi connectivity index (χ1n) is 2.92. The highest BCUT2D eigenvalue weighted by Crippen LogP contribution is 2.04. The van der Waals surface area contributed by atoms with Crippen molar-refractivity contribution < 1.29 is 9.59 Å². The lowest BCUT2D eigenvalue weighted by Crippen LogP contribution is -1.88. The Morgan fingerprint density at radius 3 is 2.18 bits per heavy atom. The van der Waals surface area contributed by atoms with Gasteiger partial charge in [0, 0.05) is 11.1 Å². The van der Waals surface area contributed by atoms with Crippen LogP contribution in [0.2, 0.25) is 0 Å². The molecule has 1 radical (unpaired) electrons. The lowest BCUT2D eigenvalue weighted by Gasteiger charge is -1.91. The minimum absolute atomic E-state index is 0.380. The molecule has 11 heavy (non-hydrogen) atoms. The van der Waals surface area contributed by atoms with Gasteiger partial charge < -0.3 is 0 Å². The van der Waals surface area contributed by atoms with Crippen LogP contribution in [-0.2, 0) is 4.79 Å². The van der Waals surface area contributed by atoms with E-state index in [4.69, 9.17) is 11.6 Å². The third kappa shape index (κ3) is 1.88. The van der Waals surface area contributed by atoms with E-state index in [-0.39, 0.29) is 0 Å². The second-order valence-electron chi connectivity index (χ2n) is 1.95. The van der Waals surface area contributed by atoms with Gasteiger partial charge in [0.05, 0.1) is 0 Å². The Balaban J connectivity index is 3.00. The molecule has 0 aromatic heterocycles. The molecule has 0 unspecified atom stereocenters. The van der Waals surface area contributed by atoms with Crippen LogP contribution in [0.1, 0.15) is 15.9 Å². The van der Waals surface area contributed by atoms with Gasteiger partial charge in [-0.1, -0.05) is 12.1 Å². The molecule has 0 atom stereocenters. The van der Waals surface area contributed by atoms with E-state index in [1.807, 2.05) is 0 Å². The van der Waals surface area contributed by atoms with Crippen molar-refractivity contribution in [3.05, 3.63) is 35.4 Å². The second kappa shape index (κ2) is 3.30. The average molecular weight is 168 g/mol. The predicted octanol–water partition coefficient (Wildman–Crippen LogP) is 1.52. The van der Waals surface area contributed by atoms with E-state index in [0.717, 1.165) is 0 Å². The van der Waals surface area contributed by atoms with Crippen LogP contribution in [0.15, 0.2) is 24.3 Å². The number of hydrogen-bond acceptors (Lipinski definition) is 2. The molecule has 0 amide bonds. The van der Waals surface area contributed by atoms with E-state index in [1.54, 1.807) is 6.29 Å². The minimum atomic E-state index is -0.526. The van der Waals surface area contributed by atoms with Crippen LogP contribution in [0.4, 0.5) is 0 Å². The quantitative estimate of drug-likeness (QED) is 0.626.